The van der Waals surface area contributed by atoms with Gasteiger partial charge in [-0.3, -0.25) is 9.55 Å². The fraction of sp³-hybridized carbons (Fsp3) is 0.143. The van der Waals surface area contributed by atoms with E-state index in [4.69, 9.17) is 9.97 Å². The van der Waals surface area contributed by atoms with E-state index in [2.05, 4.69) is 198 Å². The molecule has 0 aliphatic rings. The van der Waals surface area contributed by atoms with Gasteiger partial charge in [0.25, 0.3) is 0 Å². The van der Waals surface area contributed by atoms with Crippen LogP contribution in [-0.2, 0) is 31.9 Å². The van der Waals surface area contributed by atoms with E-state index in [1.165, 1.54) is 16.7 Å². The van der Waals surface area contributed by atoms with Crippen LogP contribution >= 0.6 is 0 Å². The zero-order chi connectivity index (χ0) is 41.6. The summed E-state index contributed by atoms with van der Waals surface area (Å²) in [6, 6.07) is 62.9. The molecule has 0 bridgehead atoms. The summed E-state index contributed by atoms with van der Waals surface area (Å²) in [5.74, 6) is 0.912. The van der Waals surface area contributed by atoms with Gasteiger partial charge in [0, 0.05) is 38.5 Å². The molecule has 304 valence electrons. The first-order chi connectivity index (χ1) is 28.9. The predicted octanol–water partition coefficient (Wildman–Crippen LogP) is 14.5. The average Bonchev–Trinajstić information content (AvgIpc) is 3.66. The molecule has 0 saturated heterocycles. The number of rotatable bonds is 7. The minimum atomic E-state index is -0.280. The van der Waals surface area contributed by atoms with Crippen molar-refractivity contribution in [1.29, 1.82) is 0 Å². The van der Waals surface area contributed by atoms with Crippen LogP contribution in [0.3, 0.4) is 0 Å². The van der Waals surface area contributed by atoms with Gasteiger partial charge in [0.15, 0.2) is 0 Å². The van der Waals surface area contributed by atoms with Crippen molar-refractivity contribution in [2.24, 2.45) is 0 Å². The van der Waals surface area contributed by atoms with E-state index in [0.29, 0.717) is 11.4 Å². The molecule has 0 aliphatic carbocycles. The van der Waals surface area contributed by atoms with Crippen LogP contribution in [0, 0.1) is 6.07 Å². The molecule has 0 atom stereocenters. The van der Waals surface area contributed by atoms with E-state index in [-0.39, 0.29) is 37.6 Å². The molecule has 0 aliphatic heterocycles. The van der Waals surface area contributed by atoms with Gasteiger partial charge >= 0.3 is 0 Å². The van der Waals surface area contributed by atoms with Gasteiger partial charge < -0.3 is 5.11 Å². The van der Waals surface area contributed by atoms with Crippen LogP contribution in [0.15, 0.2) is 176 Å². The Hall–Kier alpha value is -6.35. The van der Waals surface area contributed by atoms with Crippen molar-refractivity contribution in [3.63, 3.8) is 0 Å². The number of imidazole rings is 1. The third kappa shape index (κ3) is 8.13. The van der Waals surface area contributed by atoms with Gasteiger partial charge in [0.2, 0.25) is 0 Å². The minimum absolute atomic E-state index is 0. The van der Waals surface area contributed by atoms with Crippen molar-refractivity contribution in [2.45, 2.75) is 52.4 Å². The molecule has 4 nitrogen and oxygen atoms in total. The minimum Gasteiger partial charge on any atom is -0.507 e. The first-order valence-electron chi connectivity index (χ1n) is 20.6. The molecule has 0 unspecified atom stereocenters. The molecule has 0 fully saturated rings. The number of aromatic hydroxyl groups is 1. The number of hydrogen-bond acceptors (Lipinski definition) is 3. The third-order valence-electron chi connectivity index (χ3n) is 11.4. The monoisotopic (exact) mass is 973 g/mol. The van der Waals surface area contributed by atoms with E-state index in [1.807, 2.05) is 30.5 Å². The summed E-state index contributed by atoms with van der Waals surface area (Å²) in [5.41, 5.74) is 15.6. The molecule has 1 N–H and O–H groups in total. The summed E-state index contributed by atoms with van der Waals surface area (Å²) in [6.45, 7) is 13.1. The Morgan fingerprint density at radius 3 is 1.80 bits per heavy atom. The van der Waals surface area contributed by atoms with Crippen LogP contribution < -0.4 is 0 Å². The second-order valence-electron chi connectivity index (χ2n) is 17.6. The van der Waals surface area contributed by atoms with E-state index >= 15 is 0 Å². The van der Waals surface area contributed by atoms with Crippen molar-refractivity contribution < 1.29 is 26.2 Å². The van der Waals surface area contributed by atoms with Crippen molar-refractivity contribution in [1.82, 2.24) is 14.5 Å². The second kappa shape index (κ2) is 16.6. The molecule has 61 heavy (non-hydrogen) atoms. The Morgan fingerprint density at radius 2 is 1.11 bits per heavy atom. The Labute approximate surface area is 373 Å². The molecule has 0 amide bonds. The molecule has 0 spiro atoms. The van der Waals surface area contributed by atoms with E-state index in [0.717, 1.165) is 66.9 Å². The smallest absolute Gasteiger partial charge is 0.148 e. The van der Waals surface area contributed by atoms with Crippen LogP contribution in [0.1, 0.15) is 52.7 Å². The van der Waals surface area contributed by atoms with E-state index < -0.39 is 0 Å². The van der Waals surface area contributed by atoms with Crippen LogP contribution in [0.5, 0.6) is 5.75 Å². The molecule has 0 radical (unpaired) electrons. The van der Waals surface area contributed by atoms with Gasteiger partial charge in [-0.2, -0.15) is 0 Å². The quantitative estimate of drug-likeness (QED) is 0.162. The Bertz CT molecular complexity index is 2990. The van der Waals surface area contributed by atoms with Crippen molar-refractivity contribution >= 4 is 11.0 Å². The van der Waals surface area contributed by atoms with Crippen LogP contribution in [0.25, 0.3) is 83.9 Å². The standard InChI is InChI=1S/C56H48N3O.Pt/c1-55(2,3)44-30-31-50(47(36-44)40-18-11-8-12-19-40)59-51-25-15-22-45(52(51)58-54(59)46-23-14-24-48(53(46)60)56(4,5)6)42-20-13-21-43(34-42)49-35-41(32-33-57-49)39-28-26-38(27-29-39)37-16-9-7-10-17-37;/h7-33,35-36,60H,1-6H3;/q-1;. The number of phenols is 1. The molecule has 2 aromatic heterocycles. The molecular weight excluding hydrogens is 926 g/mol. The fourth-order valence-corrected chi connectivity index (χ4v) is 8.14. The summed E-state index contributed by atoms with van der Waals surface area (Å²) in [5, 5.41) is 12.1. The first kappa shape index (κ1) is 41.4. The molecule has 9 rings (SSSR count). The summed E-state index contributed by atoms with van der Waals surface area (Å²) >= 11 is 0. The van der Waals surface area contributed by atoms with Gasteiger partial charge in [-0.25, -0.2) is 4.98 Å². The number of aromatic nitrogens is 3. The fourth-order valence-electron chi connectivity index (χ4n) is 8.14. The van der Waals surface area contributed by atoms with E-state index in [9.17, 15) is 5.11 Å². The van der Waals surface area contributed by atoms with E-state index in [1.54, 1.807) is 0 Å². The summed E-state index contributed by atoms with van der Waals surface area (Å²) in [6.07, 6.45) is 1.87. The summed E-state index contributed by atoms with van der Waals surface area (Å²) in [4.78, 5) is 10.3. The normalized spacial score (nSPS) is 11.7. The van der Waals surface area contributed by atoms with Gasteiger partial charge in [0.1, 0.15) is 11.6 Å². The van der Waals surface area contributed by atoms with Crippen molar-refractivity contribution in [3.05, 3.63) is 193 Å². The number of benzene rings is 7. The van der Waals surface area contributed by atoms with Crippen LogP contribution in [-0.4, -0.2) is 19.6 Å². The van der Waals surface area contributed by atoms with Gasteiger partial charge in [-0.05, 0) is 80.1 Å². The number of phenolic OH excluding ortho intramolecular Hbond substituents is 1. The first-order valence-corrected chi connectivity index (χ1v) is 20.6. The van der Waals surface area contributed by atoms with Gasteiger partial charge in [-0.15, -0.1) is 29.8 Å². The maximum absolute atomic E-state index is 12.1. The SMILES string of the molecule is CC(C)(C)c1ccc(-n2c(-c3cccc(C(C)(C)C)c3O)nc3c(-c4[c-]c(-c5cc(-c6ccc(-c7ccccc7)cc6)ccn5)ccc4)cccc32)c(-c2ccccc2)c1.[Pt]. The molecule has 5 heteroatoms. The Morgan fingerprint density at radius 1 is 0.508 bits per heavy atom. The van der Waals surface area contributed by atoms with Gasteiger partial charge in [-0.1, -0.05) is 174 Å². The largest absolute Gasteiger partial charge is 0.507 e. The third-order valence-corrected chi connectivity index (χ3v) is 11.4. The second-order valence-corrected chi connectivity index (χ2v) is 17.6. The topological polar surface area (TPSA) is 50.9 Å². The molecular formula is C56H48N3OPt-. The average molecular weight is 974 g/mol. The molecule has 9 aromatic rings. The summed E-state index contributed by atoms with van der Waals surface area (Å²) < 4.78 is 2.23. The maximum Gasteiger partial charge on any atom is 0.148 e. The Balaban J connectivity index is 0.00000514. The van der Waals surface area contributed by atoms with Crippen molar-refractivity contribution in [3.8, 4) is 78.6 Å². The predicted molar refractivity (Wildman–Crippen MR) is 249 cm³/mol. The number of fused-ring (bicyclic) bond motifs is 1. The molecule has 7 aromatic carbocycles. The Kier molecular flexibility index (Phi) is 11.3. The molecule has 0 saturated carbocycles. The zero-order valence-corrected chi connectivity index (χ0v) is 37.6. The molecule has 2 heterocycles. The van der Waals surface area contributed by atoms with Crippen LogP contribution in [0.2, 0.25) is 0 Å². The number of pyridine rings is 1. The summed E-state index contributed by atoms with van der Waals surface area (Å²) in [7, 11) is 0. The maximum atomic E-state index is 12.1. The van der Waals surface area contributed by atoms with Gasteiger partial charge in [0.05, 0.1) is 22.3 Å². The van der Waals surface area contributed by atoms with Crippen LogP contribution in [0.4, 0.5) is 0 Å². The van der Waals surface area contributed by atoms with Crippen molar-refractivity contribution in [2.75, 3.05) is 0 Å². The number of hydrogen-bond donors (Lipinski definition) is 1. The zero-order valence-electron chi connectivity index (χ0n) is 35.3. The number of para-hydroxylation sites is 2. The number of nitrogens with zero attached hydrogens (tertiary/aromatic N) is 3.